The van der Waals surface area contributed by atoms with E-state index in [1.165, 1.54) is 6.07 Å². The van der Waals surface area contributed by atoms with Crippen LogP contribution in [0.25, 0.3) is 11.0 Å². The summed E-state index contributed by atoms with van der Waals surface area (Å²) in [6, 6.07) is 14.2. The van der Waals surface area contributed by atoms with Crippen molar-refractivity contribution in [2.75, 3.05) is 6.61 Å². The highest BCUT2D eigenvalue weighted by Gasteiger charge is 2.39. The molecule has 6 nitrogen and oxygen atoms in total. The van der Waals surface area contributed by atoms with Gasteiger partial charge in [-0.1, -0.05) is 57.2 Å². The van der Waals surface area contributed by atoms with Gasteiger partial charge in [-0.3, -0.25) is 9.59 Å². The average Bonchev–Trinajstić information content (AvgIpc) is 2.82. The number of para-hydroxylation sites is 1. The van der Waals surface area contributed by atoms with E-state index in [0.717, 1.165) is 5.56 Å². The minimum absolute atomic E-state index is 0.0546. The summed E-state index contributed by atoms with van der Waals surface area (Å²) in [6.45, 7) is 13.6. The molecule has 0 saturated carbocycles. The molecular weight excluding hydrogens is 466 g/mol. The number of hydrogen-bond donors (Lipinski definition) is 1. The van der Waals surface area contributed by atoms with Gasteiger partial charge in [0.15, 0.2) is 11.2 Å². The number of ketones is 1. The molecule has 2 heterocycles. The number of rotatable bonds is 5. The van der Waals surface area contributed by atoms with Crippen molar-refractivity contribution in [3.05, 3.63) is 104 Å². The van der Waals surface area contributed by atoms with Crippen molar-refractivity contribution in [3.63, 3.8) is 0 Å². The van der Waals surface area contributed by atoms with E-state index in [-0.39, 0.29) is 23.2 Å². The molecule has 0 bridgehead atoms. The van der Waals surface area contributed by atoms with Gasteiger partial charge in [0.05, 0.1) is 23.5 Å². The Morgan fingerprint density at radius 1 is 0.973 bits per heavy atom. The molecule has 3 aromatic rings. The van der Waals surface area contributed by atoms with Crippen molar-refractivity contribution in [1.82, 2.24) is 5.32 Å². The molecule has 1 aliphatic rings. The lowest BCUT2D eigenvalue weighted by Gasteiger charge is -2.31. The first-order valence-electron chi connectivity index (χ1n) is 12.5. The van der Waals surface area contributed by atoms with Crippen LogP contribution in [0.2, 0.25) is 0 Å². The zero-order valence-corrected chi connectivity index (χ0v) is 22.4. The van der Waals surface area contributed by atoms with Crippen LogP contribution in [0.1, 0.15) is 74.7 Å². The molecule has 1 unspecified atom stereocenters. The van der Waals surface area contributed by atoms with Crippen molar-refractivity contribution >= 4 is 22.7 Å². The topological polar surface area (TPSA) is 85.6 Å². The zero-order valence-electron chi connectivity index (χ0n) is 22.4. The van der Waals surface area contributed by atoms with E-state index >= 15 is 0 Å². The lowest BCUT2D eigenvalue weighted by atomic mass is 9.76. The van der Waals surface area contributed by atoms with Gasteiger partial charge in [0.25, 0.3) is 0 Å². The SMILES string of the molecule is CCOC(=O)C1=C(C)NC(C)=C(C(=O)c2ccc(C(C)(C)C)cc2)C1c1cccc2c(=O)cc(C)oc12. The maximum atomic E-state index is 14.1. The third-order valence-corrected chi connectivity index (χ3v) is 6.73. The molecule has 192 valence electrons. The summed E-state index contributed by atoms with van der Waals surface area (Å²) in [4.78, 5) is 40.2. The highest BCUT2D eigenvalue weighted by molar-refractivity contribution is 6.13. The monoisotopic (exact) mass is 499 g/mol. The molecule has 1 N–H and O–H groups in total. The second kappa shape index (κ2) is 9.85. The summed E-state index contributed by atoms with van der Waals surface area (Å²) in [6.07, 6.45) is 0. The van der Waals surface area contributed by atoms with Crippen LogP contribution < -0.4 is 10.7 Å². The molecule has 2 aromatic carbocycles. The van der Waals surface area contributed by atoms with Gasteiger partial charge < -0.3 is 14.5 Å². The fraction of sp³-hybridized carbons (Fsp3) is 0.323. The predicted octanol–water partition coefficient (Wildman–Crippen LogP) is 6.08. The van der Waals surface area contributed by atoms with E-state index in [1.54, 1.807) is 39.0 Å². The zero-order chi connectivity index (χ0) is 27.1. The first kappa shape index (κ1) is 26.1. The minimum Gasteiger partial charge on any atom is -0.463 e. The van der Waals surface area contributed by atoms with Gasteiger partial charge in [0, 0.05) is 34.2 Å². The normalized spacial score (nSPS) is 16.1. The van der Waals surface area contributed by atoms with E-state index in [0.29, 0.717) is 50.4 Å². The van der Waals surface area contributed by atoms with Crippen molar-refractivity contribution in [2.45, 2.75) is 59.8 Å². The van der Waals surface area contributed by atoms with Crippen molar-refractivity contribution < 1.29 is 18.7 Å². The highest BCUT2D eigenvalue weighted by Crippen LogP contribution is 2.42. The molecule has 1 aliphatic heterocycles. The molecule has 37 heavy (non-hydrogen) atoms. The van der Waals surface area contributed by atoms with E-state index in [9.17, 15) is 14.4 Å². The van der Waals surface area contributed by atoms with Crippen LogP contribution in [-0.4, -0.2) is 18.4 Å². The van der Waals surface area contributed by atoms with Gasteiger partial charge in [-0.05, 0) is 44.7 Å². The Kier molecular flexibility index (Phi) is 6.96. The maximum absolute atomic E-state index is 14.1. The quantitative estimate of drug-likeness (QED) is 0.338. The highest BCUT2D eigenvalue weighted by atomic mass is 16.5. The van der Waals surface area contributed by atoms with Crippen LogP contribution in [0.4, 0.5) is 0 Å². The number of benzene rings is 2. The molecule has 1 atom stereocenters. The van der Waals surface area contributed by atoms with Crippen LogP contribution >= 0.6 is 0 Å². The predicted molar refractivity (Wildman–Crippen MR) is 145 cm³/mol. The van der Waals surface area contributed by atoms with E-state index in [4.69, 9.17) is 9.15 Å². The number of carbonyl (C=O) groups excluding carboxylic acids is 2. The number of dihydropyridines is 1. The Morgan fingerprint density at radius 2 is 1.62 bits per heavy atom. The lowest BCUT2D eigenvalue weighted by Crippen LogP contribution is -2.32. The molecule has 0 radical (unpaired) electrons. The molecule has 0 fully saturated rings. The van der Waals surface area contributed by atoms with Crippen LogP contribution in [0.3, 0.4) is 0 Å². The maximum Gasteiger partial charge on any atom is 0.336 e. The number of ether oxygens (including phenoxy) is 1. The van der Waals surface area contributed by atoms with Gasteiger partial charge >= 0.3 is 5.97 Å². The summed E-state index contributed by atoms with van der Waals surface area (Å²) in [5.74, 6) is -1.07. The standard InChI is InChI=1S/C31H33NO5/c1-8-36-30(35)26-19(4)32-18(3)25(28(34)20-12-14-21(15-13-20)31(5,6)7)27(26)23-11-9-10-22-24(33)16-17(2)37-29(22)23/h9-16,27,32H,8H2,1-7H3. The number of fused-ring (bicyclic) bond motifs is 1. The lowest BCUT2D eigenvalue weighted by molar-refractivity contribution is -0.138. The van der Waals surface area contributed by atoms with Crippen LogP contribution in [0, 0.1) is 6.92 Å². The number of nitrogens with one attached hydrogen (secondary N) is 1. The Bertz CT molecular complexity index is 1510. The number of hydrogen-bond acceptors (Lipinski definition) is 6. The number of aryl methyl sites for hydroxylation is 1. The van der Waals surface area contributed by atoms with Crippen LogP contribution in [0.15, 0.2) is 80.3 Å². The second-order valence-corrected chi connectivity index (χ2v) is 10.5. The Labute approximate surface area is 217 Å². The number of allylic oxidation sites excluding steroid dienone is 3. The molecule has 0 aliphatic carbocycles. The van der Waals surface area contributed by atoms with Crippen molar-refractivity contribution in [2.24, 2.45) is 0 Å². The second-order valence-electron chi connectivity index (χ2n) is 10.5. The summed E-state index contributed by atoms with van der Waals surface area (Å²) >= 11 is 0. The van der Waals surface area contributed by atoms with Gasteiger partial charge in [-0.15, -0.1) is 0 Å². The van der Waals surface area contributed by atoms with Crippen LogP contribution in [-0.2, 0) is 14.9 Å². The number of esters is 1. The van der Waals surface area contributed by atoms with Crippen LogP contribution in [0.5, 0.6) is 0 Å². The molecule has 6 heteroatoms. The number of carbonyl (C=O) groups is 2. The van der Waals surface area contributed by atoms with E-state index in [1.807, 2.05) is 31.2 Å². The molecule has 4 rings (SSSR count). The van der Waals surface area contributed by atoms with Gasteiger partial charge in [-0.25, -0.2) is 4.79 Å². The molecule has 1 aromatic heterocycles. The summed E-state index contributed by atoms with van der Waals surface area (Å²) in [5, 5.41) is 3.61. The van der Waals surface area contributed by atoms with Gasteiger partial charge in [-0.2, -0.15) is 0 Å². The molecule has 0 saturated heterocycles. The van der Waals surface area contributed by atoms with Gasteiger partial charge in [0.2, 0.25) is 0 Å². The Hall–Kier alpha value is -3.93. The minimum atomic E-state index is -0.788. The molecule has 0 amide bonds. The van der Waals surface area contributed by atoms with E-state index < -0.39 is 11.9 Å². The Morgan fingerprint density at radius 3 is 2.24 bits per heavy atom. The summed E-state index contributed by atoms with van der Waals surface area (Å²) < 4.78 is 11.5. The Balaban J connectivity index is 1.97. The third-order valence-electron chi connectivity index (χ3n) is 6.73. The smallest absolute Gasteiger partial charge is 0.336 e. The average molecular weight is 500 g/mol. The molecule has 0 spiro atoms. The van der Waals surface area contributed by atoms with Gasteiger partial charge in [0.1, 0.15) is 11.3 Å². The van der Waals surface area contributed by atoms with E-state index in [2.05, 4.69) is 26.1 Å². The van der Waals surface area contributed by atoms with Crippen molar-refractivity contribution in [3.8, 4) is 0 Å². The first-order valence-corrected chi connectivity index (χ1v) is 12.5. The number of Topliss-reactive ketones (excluding diaryl/α,β-unsaturated/α-hetero) is 1. The summed E-state index contributed by atoms with van der Waals surface area (Å²) in [5.41, 5.74) is 4.26. The summed E-state index contributed by atoms with van der Waals surface area (Å²) in [7, 11) is 0. The van der Waals surface area contributed by atoms with Crippen molar-refractivity contribution in [1.29, 1.82) is 0 Å². The fourth-order valence-corrected chi connectivity index (χ4v) is 4.91. The first-order chi connectivity index (χ1) is 17.4. The third kappa shape index (κ3) is 4.88. The largest absolute Gasteiger partial charge is 0.463 e. The fourth-order valence-electron chi connectivity index (χ4n) is 4.91. The molecular formula is C31H33NO5.